The summed E-state index contributed by atoms with van der Waals surface area (Å²) in [6.45, 7) is 4.88. The average molecular weight is 274 g/mol. The number of ether oxygens (including phenoxy) is 1. The van der Waals surface area contributed by atoms with Crippen LogP contribution < -0.4 is 10.2 Å². The van der Waals surface area contributed by atoms with Gasteiger partial charge in [-0.25, -0.2) is 4.68 Å². The number of benzene rings is 1. The van der Waals surface area contributed by atoms with Crippen molar-refractivity contribution in [2.24, 2.45) is 0 Å². The van der Waals surface area contributed by atoms with Crippen molar-refractivity contribution in [3.05, 3.63) is 51.9 Å². The van der Waals surface area contributed by atoms with Gasteiger partial charge in [0, 0.05) is 17.8 Å². The molecule has 0 saturated heterocycles. The SMILES string of the molecule is COc1cccc(-n2nc(C(C)(C)O)c(=O)cc2C)c1. The number of hydrogen-bond acceptors (Lipinski definition) is 4. The summed E-state index contributed by atoms with van der Waals surface area (Å²) in [4.78, 5) is 11.9. The van der Waals surface area contributed by atoms with Crippen LogP contribution in [-0.2, 0) is 5.60 Å². The molecule has 20 heavy (non-hydrogen) atoms. The number of aryl methyl sites for hydroxylation is 1. The highest BCUT2D eigenvalue weighted by molar-refractivity contribution is 5.39. The Morgan fingerprint density at radius 3 is 2.60 bits per heavy atom. The Morgan fingerprint density at radius 1 is 1.30 bits per heavy atom. The third kappa shape index (κ3) is 2.72. The molecule has 1 N–H and O–H groups in total. The topological polar surface area (TPSA) is 64.3 Å². The van der Waals surface area contributed by atoms with Crippen LogP contribution in [0, 0.1) is 6.92 Å². The standard InChI is InChI=1S/C15H18N2O3/c1-10-8-13(18)14(15(2,3)19)16-17(10)11-6-5-7-12(9-11)20-4/h5-9,19H,1-4H3. The summed E-state index contributed by atoms with van der Waals surface area (Å²) in [5.74, 6) is 0.701. The van der Waals surface area contributed by atoms with Gasteiger partial charge in [-0.3, -0.25) is 4.79 Å². The largest absolute Gasteiger partial charge is 0.497 e. The summed E-state index contributed by atoms with van der Waals surface area (Å²) in [5.41, 5.74) is 0.0226. The number of rotatable bonds is 3. The van der Waals surface area contributed by atoms with Crippen molar-refractivity contribution in [3.8, 4) is 11.4 Å². The van der Waals surface area contributed by atoms with Crippen molar-refractivity contribution in [1.82, 2.24) is 9.78 Å². The molecule has 0 fully saturated rings. The molecule has 1 aromatic carbocycles. The summed E-state index contributed by atoms with van der Waals surface area (Å²) in [6.07, 6.45) is 0. The van der Waals surface area contributed by atoms with E-state index < -0.39 is 5.60 Å². The van der Waals surface area contributed by atoms with E-state index in [1.165, 1.54) is 6.07 Å². The highest BCUT2D eigenvalue weighted by Crippen LogP contribution is 2.19. The first-order valence-corrected chi connectivity index (χ1v) is 6.31. The number of methoxy groups -OCH3 is 1. The zero-order chi connectivity index (χ0) is 14.9. The molecular formula is C15H18N2O3. The van der Waals surface area contributed by atoms with Gasteiger partial charge in [-0.05, 0) is 32.9 Å². The third-order valence-electron chi connectivity index (χ3n) is 2.98. The summed E-state index contributed by atoms with van der Waals surface area (Å²) in [6, 6.07) is 8.83. The first kappa shape index (κ1) is 14.3. The van der Waals surface area contributed by atoms with Gasteiger partial charge in [-0.1, -0.05) is 6.07 Å². The first-order valence-electron chi connectivity index (χ1n) is 6.31. The normalized spacial score (nSPS) is 11.4. The molecule has 0 aliphatic rings. The zero-order valence-electron chi connectivity index (χ0n) is 12.0. The van der Waals surface area contributed by atoms with Gasteiger partial charge in [0.15, 0.2) is 0 Å². The smallest absolute Gasteiger partial charge is 0.206 e. The Bertz CT molecular complexity index is 684. The van der Waals surface area contributed by atoms with E-state index in [4.69, 9.17) is 4.74 Å². The summed E-state index contributed by atoms with van der Waals surface area (Å²) < 4.78 is 6.81. The van der Waals surface area contributed by atoms with Crippen LogP contribution in [0.15, 0.2) is 35.1 Å². The molecule has 1 aromatic heterocycles. The van der Waals surface area contributed by atoms with Gasteiger partial charge in [-0.15, -0.1) is 0 Å². The Hall–Kier alpha value is -2.14. The van der Waals surface area contributed by atoms with E-state index >= 15 is 0 Å². The molecule has 5 nitrogen and oxygen atoms in total. The minimum atomic E-state index is -1.29. The second-order valence-corrected chi connectivity index (χ2v) is 5.17. The Labute approximate surface area is 117 Å². The average Bonchev–Trinajstić information content (AvgIpc) is 2.37. The van der Waals surface area contributed by atoms with Crippen molar-refractivity contribution in [2.45, 2.75) is 26.4 Å². The lowest BCUT2D eigenvalue weighted by Gasteiger charge is -2.18. The molecule has 2 rings (SSSR count). The second kappa shape index (κ2) is 5.09. The van der Waals surface area contributed by atoms with Gasteiger partial charge < -0.3 is 9.84 Å². The lowest BCUT2D eigenvalue weighted by Crippen LogP contribution is -2.30. The number of nitrogens with zero attached hydrogens (tertiary/aromatic N) is 2. The van der Waals surface area contributed by atoms with Crippen LogP contribution in [0.4, 0.5) is 0 Å². The zero-order valence-corrected chi connectivity index (χ0v) is 12.0. The Balaban J connectivity index is 2.65. The fraction of sp³-hybridized carbons (Fsp3) is 0.333. The first-order chi connectivity index (χ1) is 9.32. The number of aromatic nitrogens is 2. The maximum Gasteiger partial charge on any atom is 0.206 e. The van der Waals surface area contributed by atoms with Crippen molar-refractivity contribution in [3.63, 3.8) is 0 Å². The van der Waals surface area contributed by atoms with Crippen LogP contribution in [0.25, 0.3) is 5.69 Å². The molecule has 0 saturated carbocycles. The number of aliphatic hydroxyl groups is 1. The third-order valence-corrected chi connectivity index (χ3v) is 2.98. The molecule has 1 heterocycles. The minimum absolute atomic E-state index is 0.117. The molecule has 0 aliphatic heterocycles. The van der Waals surface area contributed by atoms with Crippen LogP contribution >= 0.6 is 0 Å². The van der Waals surface area contributed by atoms with Crippen LogP contribution in [0.3, 0.4) is 0 Å². The van der Waals surface area contributed by atoms with Crippen molar-refractivity contribution < 1.29 is 9.84 Å². The van der Waals surface area contributed by atoms with Crippen molar-refractivity contribution in [2.75, 3.05) is 7.11 Å². The van der Waals surface area contributed by atoms with Crippen molar-refractivity contribution >= 4 is 0 Å². The molecule has 2 aromatic rings. The molecule has 0 amide bonds. The van der Waals surface area contributed by atoms with Gasteiger partial charge >= 0.3 is 0 Å². The highest BCUT2D eigenvalue weighted by Gasteiger charge is 2.23. The quantitative estimate of drug-likeness (QED) is 0.926. The van der Waals surface area contributed by atoms with Gasteiger partial charge in [-0.2, -0.15) is 5.10 Å². The maximum absolute atomic E-state index is 11.9. The van der Waals surface area contributed by atoms with Crippen molar-refractivity contribution in [1.29, 1.82) is 0 Å². The van der Waals surface area contributed by atoms with Gasteiger partial charge in [0.2, 0.25) is 5.43 Å². The molecular weight excluding hydrogens is 256 g/mol. The number of hydrogen-bond donors (Lipinski definition) is 1. The molecule has 0 spiro atoms. The summed E-state index contributed by atoms with van der Waals surface area (Å²) in [7, 11) is 1.59. The second-order valence-electron chi connectivity index (χ2n) is 5.17. The fourth-order valence-electron chi connectivity index (χ4n) is 1.97. The monoisotopic (exact) mass is 274 g/mol. The van der Waals surface area contributed by atoms with Gasteiger partial charge in [0.05, 0.1) is 12.8 Å². The van der Waals surface area contributed by atoms with Crippen LogP contribution in [0.5, 0.6) is 5.75 Å². The Kier molecular flexibility index (Phi) is 3.63. The van der Waals surface area contributed by atoms with Gasteiger partial charge in [0.25, 0.3) is 0 Å². The van der Waals surface area contributed by atoms with Crippen LogP contribution in [-0.4, -0.2) is 22.0 Å². The van der Waals surface area contributed by atoms with E-state index in [-0.39, 0.29) is 11.1 Å². The summed E-state index contributed by atoms with van der Waals surface area (Å²) in [5, 5.41) is 14.3. The predicted molar refractivity (Wildman–Crippen MR) is 76.4 cm³/mol. The van der Waals surface area contributed by atoms with E-state index in [0.29, 0.717) is 11.4 Å². The predicted octanol–water partition coefficient (Wildman–Crippen LogP) is 1.78. The molecule has 0 aliphatic carbocycles. The van der Waals surface area contributed by atoms with Gasteiger partial charge in [0.1, 0.15) is 17.0 Å². The van der Waals surface area contributed by atoms with E-state index in [1.807, 2.05) is 24.3 Å². The molecule has 0 unspecified atom stereocenters. The lowest BCUT2D eigenvalue weighted by atomic mass is 10.0. The maximum atomic E-state index is 11.9. The van der Waals surface area contributed by atoms with Crippen LogP contribution in [0.1, 0.15) is 25.2 Å². The summed E-state index contributed by atoms with van der Waals surface area (Å²) >= 11 is 0. The lowest BCUT2D eigenvalue weighted by molar-refractivity contribution is 0.0709. The molecule has 5 heteroatoms. The van der Waals surface area contributed by atoms with Crippen LogP contribution in [0.2, 0.25) is 0 Å². The molecule has 0 radical (unpaired) electrons. The fourth-order valence-corrected chi connectivity index (χ4v) is 1.97. The minimum Gasteiger partial charge on any atom is -0.497 e. The molecule has 106 valence electrons. The Morgan fingerprint density at radius 2 is 2.00 bits per heavy atom. The van der Waals surface area contributed by atoms with E-state index in [0.717, 1.165) is 5.69 Å². The van der Waals surface area contributed by atoms with E-state index in [9.17, 15) is 9.90 Å². The highest BCUT2D eigenvalue weighted by atomic mass is 16.5. The van der Waals surface area contributed by atoms with E-state index in [2.05, 4.69) is 5.10 Å². The molecule has 0 atom stereocenters. The van der Waals surface area contributed by atoms with E-state index in [1.54, 1.807) is 32.6 Å². The molecule has 0 bridgehead atoms.